The Bertz CT molecular complexity index is 441. The Morgan fingerprint density at radius 1 is 1.50 bits per heavy atom. The maximum absolute atomic E-state index is 10.9. The number of hydrogen-bond acceptors (Lipinski definition) is 5. The minimum atomic E-state index is -0.0593. The third-order valence-corrected chi connectivity index (χ3v) is 2.83. The van der Waals surface area contributed by atoms with Gasteiger partial charge in [0.15, 0.2) is 17.8 Å². The Balaban J connectivity index is 2.18. The van der Waals surface area contributed by atoms with E-state index in [0.29, 0.717) is 49.6 Å². The number of ether oxygens (including phenoxy) is 3. The van der Waals surface area contributed by atoms with Crippen molar-refractivity contribution in [1.29, 1.82) is 0 Å². The quantitative estimate of drug-likeness (QED) is 0.614. The molecule has 0 aliphatic carbocycles. The zero-order valence-electron chi connectivity index (χ0n) is 10.3. The first kappa shape index (κ1) is 12.7. The van der Waals surface area contributed by atoms with Gasteiger partial charge in [-0.25, -0.2) is 0 Å². The lowest BCUT2D eigenvalue weighted by Crippen LogP contribution is -2.03. The largest absolute Gasteiger partial charge is 0.507 e. The van der Waals surface area contributed by atoms with E-state index in [4.69, 9.17) is 14.2 Å². The van der Waals surface area contributed by atoms with E-state index in [1.54, 1.807) is 7.11 Å². The predicted octanol–water partition coefficient (Wildman–Crippen LogP) is 1.55. The van der Waals surface area contributed by atoms with Crippen molar-refractivity contribution in [2.24, 2.45) is 0 Å². The van der Waals surface area contributed by atoms with E-state index in [1.165, 1.54) is 6.07 Å². The molecule has 0 saturated carbocycles. The summed E-state index contributed by atoms with van der Waals surface area (Å²) >= 11 is 0. The number of methoxy groups -OCH3 is 1. The molecule has 1 aromatic rings. The molecule has 18 heavy (non-hydrogen) atoms. The van der Waals surface area contributed by atoms with Crippen LogP contribution in [0.15, 0.2) is 6.07 Å². The van der Waals surface area contributed by atoms with Crippen LogP contribution in [0.4, 0.5) is 0 Å². The van der Waals surface area contributed by atoms with Gasteiger partial charge in [0.2, 0.25) is 0 Å². The van der Waals surface area contributed by atoms with Gasteiger partial charge in [-0.05, 0) is 0 Å². The van der Waals surface area contributed by atoms with Gasteiger partial charge in [0.1, 0.15) is 5.75 Å². The second-order valence-corrected chi connectivity index (χ2v) is 4.03. The topological polar surface area (TPSA) is 65.0 Å². The number of phenolic OH excluding ortho intramolecular Hbond substituents is 1. The van der Waals surface area contributed by atoms with Crippen molar-refractivity contribution in [1.82, 2.24) is 0 Å². The van der Waals surface area contributed by atoms with Gasteiger partial charge in [0, 0.05) is 38.2 Å². The zero-order chi connectivity index (χ0) is 13.0. The highest BCUT2D eigenvalue weighted by Gasteiger charge is 2.24. The monoisotopic (exact) mass is 252 g/mol. The number of carbonyl (C=O) groups excluding carboxylic acids is 1. The van der Waals surface area contributed by atoms with Gasteiger partial charge in [0.25, 0.3) is 0 Å². The van der Waals surface area contributed by atoms with Gasteiger partial charge in [-0.15, -0.1) is 0 Å². The van der Waals surface area contributed by atoms with Gasteiger partial charge in [0.05, 0.1) is 18.8 Å². The van der Waals surface area contributed by atoms with E-state index in [2.05, 4.69) is 0 Å². The first-order valence-electron chi connectivity index (χ1n) is 5.86. The van der Waals surface area contributed by atoms with Crippen LogP contribution in [0, 0.1) is 0 Å². The molecule has 1 aliphatic rings. The molecule has 0 atom stereocenters. The number of fused-ring (bicyclic) bond motifs is 1. The molecular weight excluding hydrogens is 236 g/mol. The summed E-state index contributed by atoms with van der Waals surface area (Å²) in [4.78, 5) is 10.9. The summed E-state index contributed by atoms with van der Waals surface area (Å²) in [6.45, 7) is 1.60. The lowest BCUT2D eigenvalue weighted by atomic mass is 10.0. The standard InChI is InChI=1S/C13H16O5/c1-16-4-2-5-17-12-7-11(15)10(8-14)9-3-6-18-13(9)12/h7-8,15H,2-6H2,1H3. The number of benzene rings is 1. The van der Waals surface area contributed by atoms with Crippen molar-refractivity contribution in [2.75, 3.05) is 26.9 Å². The van der Waals surface area contributed by atoms with E-state index in [-0.39, 0.29) is 5.75 Å². The fourth-order valence-corrected chi connectivity index (χ4v) is 1.98. The number of phenols is 1. The zero-order valence-corrected chi connectivity index (χ0v) is 10.3. The Labute approximate surface area is 105 Å². The molecule has 2 rings (SSSR count). The van der Waals surface area contributed by atoms with E-state index in [1.807, 2.05) is 0 Å². The van der Waals surface area contributed by atoms with E-state index < -0.39 is 0 Å². The summed E-state index contributed by atoms with van der Waals surface area (Å²) in [6, 6.07) is 1.43. The third-order valence-electron chi connectivity index (χ3n) is 2.83. The van der Waals surface area contributed by atoms with Crippen molar-refractivity contribution in [3.05, 3.63) is 17.2 Å². The van der Waals surface area contributed by atoms with E-state index >= 15 is 0 Å². The lowest BCUT2D eigenvalue weighted by Gasteiger charge is -2.12. The Morgan fingerprint density at radius 3 is 3.06 bits per heavy atom. The fourth-order valence-electron chi connectivity index (χ4n) is 1.98. The average molecular weight is 252 g/mol. The molecule has 0 aromatic heterocycles. The highest BCUT2D eigenvalue weighted by atomic mass is 16.5. The van der Waals surface area contributed by atoms with Crippen molar-refractivity contribution in [2.45, 2.75) is 12.8 Å². The Morgan fingerprint density at radius 2 is 2.33 bits per heavy atom. The van der Waals surface area contributed by atoms with Crippen LogP contribution in [-0.2, 0) is 11.2 Å². The Kier molecular flexibility index (Phi) is 4.04. The van der Waals surface area contributed by atoms with Gasteiger partial charge < -0.3 is 19.3 Å². The molecule has 0 radical (unpaired) electrons. The molecule has 1 aliphatic heterocycles. The molecule has 0 spiro atoms. The smallest absolute Gasteiger partial charge is 0.165 e. The average Bonchev–Trinajstić information content (AvgIpc) is 2.83. The third kappa shape index (κ3) is 2.41. The summed E-state index contributed by atoms with van der Waals surface area (Å²) in [7, 11) is 1.63. The van der Waals surface area contributed by atoms with Crippen molar-refractivity contribution < 1.29 is 24.1 Å². The number of aldehydes is 1. The number of hydrogen-bond donors (Lipinski definition) is 1. The van der Waals surface area contributed by atoms with E-state index in [0.717, 1.165) is 12.0 Å². The summed E-state index contributed by atoms with van der Waals surface area (Å²) < 4.78 is 15.9. The van der Waals surface area contributed by atoms with E-state index in [9.17, 15) is 9.90 Å². The molecular formula is C13H16O5. The fraction of sp³-hybridized carbons (Fsp3) is 0.462. The van der Waals surface area contributed by atoms with Crippen LogP contribution in [0.5, 0.6) is 17.2 Å². The second kappa shape index (κ2) is 5.73. The number of aromatic hydroxyl groups is 1. The molecule has 98 valence electrons. The molecule has 5 nitrogen and oxygen atoms in total. The number of carbonyl (C=O) groups is 1. The molecule has 0 unspecified atom stereocenters. The maximum Gasteiger partial charge on any atom is 0.165 e. The predicted molar refractivity (Wildman–Crippen MR) is 64.7 cm³/mol. The lowest BCUT2D eigenvalue weighted by molar-refractivity contribution is 0.112. The summed E-state index contributed by atoms with van der Waals surface area (Å²) in [6.07, 6.45) is 2.02. The van der Waals surface area contributed by atoms with Crippen LogP contribution < -0.4 is 9.47 Å². The minimum absolute atomic E-state index is 0.0593. The molecule has 1 N–H and O–H groups in total. The van der Waals surface area contributed by atoms with Crippen molar-refractivity contribution >= 4 is 6.29 Å². The van der Waals surface area contributed by atoms with Crippen LogP contribution in [-0.4, -0.2) is 38.3 Å². The van der Waals surface area contributed by atoms with Crippen LogP contribution in [0.25, 0.3) is 0 Å². The number of rotatable bonds is 6. The molecule has 0 fully saturated rings. The van der Waals surface area contributed by atoms with Crippen LogP contribution in [0.3, 0.4) is 0 Å². The van der Waals surface area contributed by atoms with Gasteiger partial charge in [-0.2, -0.15) is 0 Å². The molecule has 1 aromatic carbocycles. The maximum atomic E-state index is 10.9. The Hall–Kier alpha value is -1.75. The van der Waals surface area contributed by atoms with Crippen LogP contribution >= 0.6 is 0 Å². The normalized spacial score (nSPS) is 12.9. The van der Waals surface area contributed by atoms with Crippen molar-refractivity contribution in [3.8, 4) is 17.2 Å². The molecule has 1 heterocycles. The second-order valence-electron chi connectivity index (χ2n) is 4.03. The van der Waals surface area contributed by atoms with Gasteiger partial charge in [-0.1, -0.05) is 0 Å². The van der Waals surface area contributed by atoms with Gasteiger partial charge >= 0.3 is 0 Å². The van der Waals surface area contributed by atoms with Crippen LogP contribution in [0.1, 0.15) is 22.3 Å². The first-order chi connectivity index (χ1) is 8.77. The van der Waals surface area contributed by atoms with Gasteiger partial charge in [-0.3, -0.25) is 4.79 Å². The molecule has 0 amide bonds. The molecule has 5 heteroatoms. The summed E-state index contributed by atoms with van der Waals surface area (Å²) in [5.74, 6) is 1.00. The minimum Gasteiger partial charge on any atom is -0.507 e. The highest BCUT2D eigenvalue weighted by molar-refractivity contribution is 5.84. The molecule has 0 saturated heterocycles. The summed E-state index contributed by atoms with van der Waals surface area (Å²) in [5, 5.41) is 9.77. The first-order valence-corrected chi connectivity index (χ1v) is 5.86. The highest BCUT2D eigenvalue weighted by Crippen LogP contribution is 2.41. The SMILES string of the molecule is COCCCOc1cc(O)c(C=O)c2c1OCC2. The van der Waals surface area contributed by atoms with Crippen molar-refractivity contribution in [3.63, 3.8) is 0 Å². The van der Waals surface area contributed by atoms with Crippen LogP contribution in [0.2, 0.25) is 0 Å². The summed E-state index contributed by atoms with van der Waals surface area (Å²) in [5.41, 5.74) is 1.03. The molecule has 0 bridgehead atoms.